The lowest BCUT2D eigenvalue weighted by Crippen LogP contribution is -2.08. The van der Waals surface area contributed by atoms with E-state index < -0.39 is 11.9 Å². The number of fused-ring (bicyclic) bond motifs is 1. The highest BCUT2D eigenvalue weighted by Crippen LogP contribution is 2.34. The second kappa shape index (κ2) is 10.3. The van der Waals surface area contributed by atoms with Gasteiger partial charge in [-0.2, -0.15) is 23.3 Å². The Hall–Kier alpha value is -3.99. The molecule has 5 rings (SSSR count). The monoisotopic (exact) mass is 555 g/mol. The molecule has 0 spiro atoms. The molecule has 0 aliphatic carbocycles. The second-order valence-electron chi connectivity index (χ2n) is 9.54. The lowest BCUT2D eigenvalue weighted by molar-refractivity contribution is -0.140. The van der Waals surface area contributed by atoms with Crippen molar-refractivity contribution in [2.45, 2.75) is 52.6 Å². The van der Waals surface area contributed by atoms with Crippen molar-refractivity contribution in [3.63, 3.8) is 0 Å². The Bertz CT molecular complexity index is 1630. The summed E-state index contributed by atoms with van der Waals surface area (Å²) in [6, 6.07) is 10.4. The minimum Gasteiger partial charge on any atom is -0.471 e. The van der Waals surface area contributed by atoms with E-state index in [9.17, 15) is 13.2 Å². The second-order valence-corrected chi connectivity index (χ2v) is 9.94. The first-order valence-electron chi connectivity index (χ1n) is 12.3. The molecule has 0 saturated carbocycles. The summed E-state index contributed by atoms with van der Waals surface area (Å²) in [4.78, 5) is 17.5. The fourth-order valence-corrected chi connectivity index (χ4v) is 4.34. The lowest BCUT2D eigenvalue weighted by atomic mass is 10.1. The SMILES string of the molecule is CC(C)n1cc(C(F)(F)F)nc1-c1ccc(COc2nc(-c3c(Cl)cnn3C(C)C)nc3cccnc23)cc1. The smallest absolute Gasteiger partial charge is 0.434 e. The van der Waals surface area contributed by atoms with Crippen molar-refractivity contribution >= 4 is 22.6 Å². The number of alkyl halides is 3. The molecule has 0 N–H and O–H groups in total. The highest BCUT2D eigenvalue weighted by molar-refractivity contribution is 6.32. The molecule has 8 nitrogen and oxygen atoms in total. The molecular formula is C27H25ClF3N7O. The quantitative estimate of drug-likeness (QED) is 0.212. The Balaban J connectivity index is 1.44. The predicted octanol–water partition coefficient (Wildman–Crippen LogP) is 7.16. The van der Waals surface area contributed by atoms with Gasteiger partial charge in [0.2, 0.25) is 5.88 Å². The van der Waals surface area contributed by atoms with Crippen LogP contribution in [0.3, 0.4) is 0 Å². The van der Waals surface area contributed by atoms with E-state index >= 15 is 0 Å². The number of ether oxygens (including phenoxy) is 1. The first-order valence-corrected chi connectivity index (χ1v) is 12.6. The van der Waals surface area contributed by atoms with Gasteiger partial charge in [-0.3, -0.25) is 4.68 Å². The van der Waals surface area contributed by atoms with Gasteiger partial charge in [0.15, 0.2) is 17.0 Å². The molecule has 202 valence electrons. The summed E-state index contributed by atoms with van der Waals surface area (Å²) in [5.74, 6) is 0.884. The van der Waals surface area contributed by atoms with Crippen LogP contribution in [-0.2, 0) is 12.8 Å². The largest absolute Gasteiger partial charge is 0.471 e. The van der Waals surface area contributed by atoms with Gasteiger partial charge in [-0.25, -0.2) is 15.0 Å². The zero-order valence-corrected chi connectivity index (χ0v) is 22.4. The Labute approximate surface area is 227 Å². The third-order valence-corrected chi connectivity index (χ3v) is 6.32. The van der Waals surface area contributed by atoms with E-state index in [1.807, 2.05) is 33.8 Å². The van der Waals surface area contributed by atoms with E-state index in [1.54, 1.807) is 47.4 Å². The third kappa shape index (κ3) is 5.31. The molecule has 1 aromatic carbocycles. The van der Waals surface area contributed by atoms with Crippen molar-refractivity contribution in [1.82, 2.24) is 34.3 Å². The van der Waals surface area contributed by atoms with E-state index in [-0.39, 0.29) is 30.4 Å². The van der Waals surface area contributed by atoms with Gasteiger partial charge in [0, 0.05) is 30.0 Å². The van der Waals surface area contributed by atoms with E-state index in [2.05, 4.69) is 25.0 Å². The van der Waals surface area contributed by atoms with Crippen LogP contribution in [0, 0.1) is 0 Å². The molecule has 4 aromatic heterocycles. The molecular weight excluding hydrogens is 531 g/mol. The summed E-state index contributed by atoms with van der Waals surface area (Å²) in [5, 5.41) is 4.76. The lowest BCUT2D eigenvalue weighted by Gasteiger charge is -2.13. The molecule has 4 heterocycles. The zero-order valence-electron chi connectivity index (χ0n) is 21.6. The summed E-state index contributed by atoms with van der Waals surface area (Å²) in [5.41, 5.74) is 2.08. The maximum atomic E-state index is 13.3. The van der Waals surface area contributed by atoms with Gasteiger partial charge < -0.3 is 9.30 Å². The van der Waals surface area contributed by atoms with Crippen LogP contribution in [-0.4, -0.2) is 34.3 Å². The van der Waals surface area contributed by atoms with Gasteiger partial charge in [0.25, 0.3) is 0 Å². The topological polar surface area (TPSA) is 83.5 Å². The van der Waals surface area contributed by atoms with Crippen LogP contribution >= 0.6 is 11.6 Å². The van der Waals surface area contributed by atoms with Crippen molar-refractivity contribution in [2.75, 3.05) is 0 Å². The number of hydrogen-bond donors (Lipinski definition) is 0. The van der Waals surface area contributed by atoms with Gasteiger partial charge in [-0.15, -0.1) is 0 Å². The van der Waals surface area contributed by atoms with Crippen molar-refractivity contribution in [2.24, 2.45) is 0 Å². The van der Waals surface area contributed by atoms with Crippen molar-refractivity contribution in [1.29, 1.82) is 0 Å². The first-order chi connectivity index (χ1) is 18.5. The van der Waals surface area contributed by atoms with Gasteiger partial charge in [0.1, 0.15) is 18.1 Å². The van der Waals surface area contributed by atoms with Crippen molar-refractivity contribution in [3.8, 4) is 28.8 Å². The van der Waals surface area contributed by atoms with Crippen LogP contribution in [0.1, 0.15) is 51.0 Å². The molecule has 0 aliphatic heterocycles. The van der Waals surface area contributed by atoms with Crippen LogP contribution in [0.5, 0.6) is 5.88 Å². The summed E-state index contributed by atoms with van der Waals surface area (Å²) < 4.78 is 49.2. The summed E-state index contributed by atoms with van der Waals surface area (Å²) in [6.07, 6.45) is -0.297. The molecule has 0 radical (unpaired) electrons. The molecule has 0 unspecified atom stereocenters. The van der Waals surface area contributed by atoms with E-state index in [4.69, 9.17) is 16.3 Å². The first kappa shape index (κ1) is 26.6. The number of rotatable bonds is 7. The maximum absolute atomic E-state index is 13.3. The number of hydrogen-bond acceptors (Lipinski definition) is 6. The van der Waals surface area contributed by atoms with Gasteiger partial charge in [-0.1, -0.05) is 35.9 Å². The maximum Gasteiger partial charge on any atom is 0.434 e. The summed E-state index contributed by atoms with van der Waals surface area (Å²) >= 11 is 6.43. The molecule has 0 saturated heterocycles. The Morgan fingerprint density at radius 3 is 2.38 bits per heavy atom. The molecule has 0 fully saturated rings. The van der Waals surface area contributed by atoms with E-state index in [1.165, 1.54) is 4.57 Å². The Morgan fingerprint density at radius 1 is 0.974 bits per heavy atom. The zero-order chi connectivity index (χ0) is 27.9. The molecule has 39 heavy (non-hydrogen) atoms. The van der Waals surface area contributed by atoms with Crippen LogP contribution in [0.4, 0.5) is 13.2 Å². The fraction of sp³-hybridized carbons (Fsp3) is 0.296. The van der Waals surface area contributed by atoms with Crippen LogP contribution in [0.25, 0.3) is 33.9 Å². The number of benzene rings is 1. The standard InChI is InChI=1S/C27H25ClF3N7O/c1-15(2)37-13-21(27(29,30)31)35-25(37)18-9-7-17(8-10-18)14-39-26-22-20(6-5-11-32-22)34-24(36-26)23-19(28)12-33-38(23)16(3)4/h5-13,15-16H,14H2,1-4H3. The highest BCUT2D eigenvalue weighted by Gasteiger charge is 2.35. The average molecular weight is 556 g/mol. The van der Waals surface area contributed by atoms with E-state index in [0.29, 0.717) is 33.1 Å². The number of pyridine rings is 1. The number of aromatic nitrogens is 7. The normalized spacial score (nSPS) is 12.2. The van der Waals surface area contributed by atoms with Crippen LogP contribution < -0.4 is 4.74 Å². The highest BCUT2D eigenvalue weighted by atomic mass is 35.5. The van der Waals surface area contributed by atoms with Gasteiger partial charge in [0.05, 0.1) is 16.7 Å². The molecule has 0 aliphatic rings. The minimum absolute atomic E-state index is 0.0297. The number of imidazole rings is 1. The molecule has 0 amide bonds. The van der Waals surface area contributed by atoms with E-state index in [0.717, 1.165) is 11.8 Å². The number of halogens is 4. The third-order valence-electron chi connectivity index (χ3n) is 6.04. The number of nitrogens with zero attached hydrogens (tertiary/aromatic N) is 7. The van der Waals surface area contributed by atoms with Crippen LogP contribution in [0.2, 0.25) is 5.02 Å². The van der Waals surface area contributed by atoms with Crippen molar-refractivity contribution in [3.05, 3.63) is 71.3 Å². The Morgan fingerprint density at radius 2 is 1.72 bits per heavy atom. The molecule has 0 atom stereocenters. The Kier molecular flexibility index (Phi) is 7.02. The molecule has 5 aromatic rings. The predicted molar refractivity (Wildman–Crippen MR) is 141 cm³/mol. The van der Waals surface area contributed by atoms with Crippen LogP contribution in [0.15, 0.2) is 55.0 Å². The van der Waals surface area contributed by atoms with Crippen molar-refractivity contribution < 1.29 is 17.9 Å². The average Bonchev–Trinajstić information content (AvgIpc) is 3.52. The van der Waals surface area contributed by atoms with Gasteiger partial charge in [-0.05, 0) is 45.4 Å². The minimum atomic E-state index is -4.52. The molecule has 12 heteroatoms. The fourth-order valence-electron chi connectivity index (χ4n) is 4.13. The van der Waals surface area contributed by atoms with Gasteiger partial charge >= 0.3 is 6.18 Å². The summed E-state index contributed by atoms with van der Waals surface area (Å²) in [6.45, 7) is 7.72. The summed E-state index contributed by atoms with van der Waals surface area (Å²) in [7, 11) is 0. The molecule has 0 bridgehead atoms.